The number of anilines is 1. The number of benzene rings is 1. The molecule has 13 nitrogen and oxygen atoms in total. The average Bonchev–Trinajstić information content (AvgIpc) is 3.61. The molecule has 0 spiro atoms. The number of piperidine rings is 1. The van der Waals surface area contributed by atoms with Crippen LogP contribution in [0, 0.1) is 6.92 Å². The fraction of sp³-hybridized carbons (Fsp3) is 0.393. The molecule has 1 aliphatic heterocycles. The standard InChI is InChI=1S/C28H33N9O4/c1-4-7-23(41-28(39)40)37-33-25(32-34-37)24-22(17-31-35(24)3)19-10-12-20(13-11-19)27(38)36(21-9-6-14-29-16-21)26-18(2)8-5-15-30-26/h5,8,10-13,15,17,21,23,29H,4,6-7,9,14,16H2,1-3H3,(H,39,40)/t21-,23-/m1/s1. The van der Waals surface area contributed by atoms with Gasteiger partial charge in [-0.2, -0.15) is 5.10 Å². The third-order valence-corrected chi connectivity index (χ3v) is 7.12. The molecule has 3 aromatic heterocycles. The number of carbonyl (C=O) groups is 2. The minimum Gasteiger partial charge on any atom is -0.450 e. The maximum Gasteiger partial charge on any atom is 0.507 e. The molecule has 2 atom stereocenters. The highest BCUT2D eigenvalue weighted by atomic mass is 16.7. The molecule has 1 aliphatic rings. The van der Waals surface area contributed by atoms with Gasteiger partial charge in [0.25, 0.3) is 5.91 Å². The van der Waals surface area contributed by atoms with E-state index in [0.29, 0.717) is 36.5 Å². The van der Waals surface area contributed by atoms with E-state index in [1.54, 1.807) is 36.3 Å². The molecule has 1 fully saturated rings. The zero-order valence-corrected chi connectivity index (χ0v) is 23.3. The van der Waals surface area contributed by atoms with E-state index in [1.807, 2.05) is 43.0 Å². The quantitative estimate of drug-likeness (QED) is 0.289. The van der Waals surface area contributed by atoms with Gasteiger partial charge in [-0.1, -0.05) is 31.5 Å². The molecule has 13 heteroatoms. The second-order valence-electron chi connectivity index (χ2n) is 9.99. The maximum atomic E-state index is 13.9. The van der Waals surface area contributed by atoms with Gasteiger partial charge in [0.05, 0.1) is 12.2 Å². The Bertz CT molecular complexity index is 1510. The molecule has 0 aliphatic carbocycles. The lowest BCUT2D eigenvalue weighted by atomic mass is 10.0. The summed E-state index contributed by atoms with van der Waals surface area (Å²) in [6.07, 6.45) is 4.09. The molecule has 2 N–H and O–H groups in total. The molecular formula is C28H33N9O4. The van der Waals surface area contributed by atoms with Gasteiger partial charge >= 0.3 is 6.16 Å². The molecule has 1 saturated heterocycles. The summed E-state index contributed by atoms with van der Waals surface area (Å²) in [5.41, 5.74) is 3.64. The summed E-state index contributed by atoms with van der Waals surface area (Å²) < 4.78 is 6.57. The zero-order chi connectivity index (χ0) is 28.9. The van der Waals surface area contributed by atoms with E-state index in [-0.39, 0.29) is 17.8 Å². The Hall–Kier alpha value is -4.65. The SMILES string of the molecule is CCC[C@@H](OC(=O)O)n1nnc(-c2c(-c3ccc(C(=O)N(c4ncccc4C)[C@@H]4CCCNC4)cc3)cnn2C)n1. The normalized spacial score (nSPS) is 15.8. The van der Waals surface area contributed by atoms with Gasteiger partial charge in [-0.25, -0.2) is 9.78 Å². The van der Waals surface area contributed by atoms with E-state index in [9.17, 15) is 9.59 Å². The lowest BCUT2D eigenvalue weighted by molar-refractivity contribution is -0.00166. The van der Waals surface area contributed by atoms with Crippen LogP contribution in [-0.4, -0.2) is 71.3 Å². The number of tetrazole rings is 1. The van der Waals surface area contributed by atoms with Crippen LogP contribution >= 0.6 is 0 Å². The topological polar surface area (TPSA) is 153 Å². The van der Waals surface area contributed by atoms with Crippen molar-refractivity contribution in [3.05, 3.63) is 59.9 Å². The van der Waals surface area contributed by atoms with Gasteiger partial charge in [-0.15, -0.1) is 15.0 Å². The average molecular weight is 560 g/mol. The van der Waals surface area contributed by atoms with E-state index >= 15 is 0 Å². The maximum absolute atomic E-state index is 13.9. The zero-order valence-electron chi connectivity index (χ0n) is 23.3. The lowest BCUT2D eigenvalue weighted by Crippen LogP contribution is -2.49. The van der Waals surface area contributed by atoms with Crippen LogP contribution in [0.1, 0.15) is 54.8 Å². The Balaban J connectivity index is 1.43. The van der Waals surface area contributed by atoms with Gasteiger partial charge in [-0.05, 0) is 60.8 Å². The first-order valence-electron chi connectivity index (χ1n) is 13.6. The lowest BCUT2D eigenvalue weighted by Gasteiger charge is -2.34. The van der Waals surface area contributed by atoms with E-state index < -0.39 is 12.4 Å². The van der Waals surface area contributed by atoms with E-state index in [1.165, 1.54) is 4.80 Å². The molecule has 214 valence electrons. The number of rotatable bonds is 9. The second kappa shape index (κ2) is 12.3. The number of hydrogen-bond donors (Lipinski definition) is 2. The van der Waals surface area contributed by atoms with E-state index in [2.05, 4.69) is 30.8 Å². The van der Waals surface area contributed by atoms with Gasteiger partial charge in [0, 0.05) is 37.3 Å². The number of aryl methyl sites for hydroxylation is 2. The van der Waals surface area contributed by atoms with E-state index in [4.69, 9.17) is 9.84 Å². The van der Waals surface area contributed by atoms with Crippen LogP contribution in [0.2, 0.25) is 0 Å². The first-order valence-corrected chi connectivity index (χ1v) is 13.6. The summed E-state index contributed by atoms with van der Waals surface area (Å²) in [4.78, 5) is 32.6. The minimum atomic E-state index is -1.41. The van der Waals surface area contributed by atoms with Gasteiger partial charge in [0.1, 0.15) is 11.5 Å². The van der Waals surface area contributed by atoms with Crippen LogP contribution in [0.5, 0.6) is 0 Å². The van der Waals surface area contributed by atoms with Gasteiger partial charge in [0.2, 0.25) is 12.1 Å². The van der Waals surface area contributed by atoms with Crippen LogP contribution in [0.15, 0.2) is 48.8 Å². The Morgan fingerprint density at radius 1 is 1.24 bits per heavy atom. The number of pyridine rings is 1. The second-order valence-corrected chi connectivity index (χ2v) is 9.99. The van der Waals surface area contributed by atoms with Crippen molar-refractivity contribution in [3.63, 3.8) is 0 Å². The molecule has 5 rings (SSSR count). The third kappa shape index (κ3) is 5.94. The predicted octanol–water partition coefficient (Wildman–Crippen LogP) is 3.84. The van der Waals surface area contributed by atoms with Crippen LogP contribution < -0.4 is 10.2 Å². The largest absolute Gasteiger partial charge is 0.507 e. The molecule has 1 aromatic carbocycles. The van der Waals surface area contributed by atoms with Crippen LogP contribution in [0.25, 0.3) is 22.6 Å². The predicted molar refractivity (Wildman–Crippen MR) is 150 cm³/mol. The summed E-state index contributed by atoms with van der Waals surface area (Å²) in [5.74, 6) is 0.840. The number of nitrogens with zero attached hydrogens (tertiary/aromatic N) is 8. The van der Waals surface area contributed by atoms with Crippen LogP contribution in [-0.2, 0) is 11.8 Å². The number of hydrogen-bond acceptors (Lipinski definition) is 9. The van der Waals surface area contributed by atoms with Crippen molar-refractivity contribution in [2.75, 3.05) is 18.0 Å². The fourth-order valence-corrected chi connectivity index (χ4v) is 5.09. The van der Waals surface area contributed by atoms with Crippen LogP contribution in [0.4, 0.5) is 10.6 Å². The molecule has 1 amide bonds. The van der Waals surface area contributed by atoms with Crippen molar-refractivity contribution in [2.24, 2.45) is 7.05 Å². The van der Waals surface area contributed by atoms with Crippen molar-refractivity contribution in [3.8, 4) is 22.6 Å². The Morgan fingerprint density at radius 3 is 2.73 bits per heavy atom. The molecule has 0 bridgehead atoms. The molecule has 4 heterocycles. The van der Waals surface area contributed by atoms with Crippen molar-refractivity contribution < 1.29 is 19.4 Å². The number of carbonyl (C=O) groups excluding carboxylic acids is 1. The molecule has 0 saturated carbocycles. The molecule has 4 aromatic rings. The number of aromatic nitrogens is 7. The highest BCUT2D eigenvalue weighted by Gasteiger charge is 2.30. The Kier molecular flexibility index (Phi) is 8.34. The summed E-state index contributed by atoms with van der Waals surface area (Å²) in [7, 11) is 1.76. The summed E-state index contributed by atoms with van der Waals surface area (Å²) >= 11 is 0. The summed E-state index contributed by atoms with van der Waals surface area (Å²) in [6.45, 7) is 5.53. The first kappa shape index (κ1) is 27.9. The first-order chi connectivity index (χ1) is 19.9. The van der Waals surface area contributed by atoms with Crippen molar-refractivity contribution in [2.45, 2.75) is 51.8 Å². The number of carboxylic acid groups (broad SMARTS) is 1. The van der Waals surface area contributed by atoms with Gasteiger partial charge in [-0.3, -0.25) is 14.4 Å². The van der Waals surface area contributed by atoms with Gasteiger partial charge < -0.3 is 15.2 Å². The number of nitrogens with one attached hydrogen (secondary N) is 1. The molecular weight excluding hydrogens is 526 g/mol. The summed E-state index contributed by atoms with van der Waals surface area (Å²) in [6, 6.07) is 11.2. The number of amides is 1. The van der Waals surface area contributed by atoms with Crippen LogP contribution in [0.3, 0.4) is 0 Å². The minimum absolute atomic E-state index is 0.00442. The van der Waals surface area contributed by atoms with E-state index in [0.717, 1.165) is 36.1 Å². The smallest absolute Gasteiger partial charge is 0.450 e. The molecule has 0 unspecified atom stereocenters. The highest BCUT2D eigenvalue weighted by Crippen LogP contribution is 2.31. The molecule has 0 radical (unpaired) electrons. The Morgan fingerprint density at radius 2 is 2.05 bits per heavy atom. The summed E-state index contributed by atoms with van der Waals surface area (Å²) in [5, 5.41) is 29.5. The monoisotopic (exact) mass is 559 g/mol. The third-order valence-electron chi connectivity index (χ3n) is 7.12. The Labute approximate surface area is 237 Å². The van der Waals surface area contributed by atoms with Crippen molar-refractivity contribution >= 4 is 17.9 Å². The van der Waals surface area contributed by atoms with Crippen molar-refractivity contribution in [1.29, 1.82) is 0 Å². The van der Waals surface area contributed by atoms with Crippen molar-refractivity contribution in [1.82, 2.24) is 40.3 Å². The van der Waals surface area contributed by atoms with Gasteiger partial charge in [0.15, 0.2) is 0 Å². The fourth-order valence-electron chi connectivity index (χ4n) is 5.09. The highest BCUT2D eigenvalue weighted by molar-refractivity contribution is 6.06. The number of ether oxygens (including phenoxy) is 1. The molecule has 41 heavy (non-hydrogen) atoms.